The summed E-state index contributed by atoms with van der Waals surface area (Å²) in [6.07, 6.45) is 2.09. The minimum atomic E-state index is -2.40. The maximum Gasteiger partial charge on any atom is 0.500 e. The predicted molar refractivity (Wildman–Crippen MR) is 119 cm³/mol. The lowest BCUT2D eigenvalue weighted by molar-refractivity contribution is 0.100. The van der Waals surface area contributed by atoms with Crippen LogP contribution < -0.4 is 0 Å². The Morgan fingerprint density at radius 3 is 1.53 bits per heavy atom. The normalized spacial score (nSPS) is 16.2. The van der Waals surface area contributed by atoms with Crippen LogP contribution in [0.1, 0.15) is 19.8 Å². The second-order valence-electron chi connectivity index (χ2n) is 6.84. The first-order chi connectivity index (χ1) is 14.4. The van der Waals surface area contributed by atoms with E-state index in [1.807, 2.05) is 6.92 Å². The maximum atomic E-state index is 5.42. The number of epoxide rings is 1. The molecule has 0 aliphatic carbocycles. The molecule has 1 rings (SSSR count). The van der Waals surface area contributed by atoms with Gasteiger partial charge in [-0.1, -0.05) is 12.2 Å². The van der Waals surface area contributed by atoms with Crippen LogP contribution in [0.3, 0.4) is 0 Å². The molecule has 0 aromatic carbocycles. The fourth-order valence-electron chi connectivity index (χ4n) is 2.52. The van der Waals surface area contributed by atoms with Crippen LogP contribution in [0.15, 0.2) is 12.2 Å². The zero-order chi connectivity index (χ0) is 22.9. The topological polar surface area (TPSA) is 86.4 Å². The van der Waals surface area contributed by atoms with Gasteiger partial charge in [0.2, 0.25) is 0 Å². The highest BCUT2D eigenvalue weighted by Crippen LogP contribution is 2.16. The van der Waals surface area contributed by atoms with Crippen molar-refractivity contribution in [2.75, 3.05) is 75.7 Å². The molecule has 9 nitrogen and oxygen atoms in total. The van der Waals surface area contributed by atoms with Gasteiger partial charge in [0.05, 0.1) is 19.8 Å². The van der Waals surface area contributed by atoms with Crippen molar-refractivity contribution < 1.29 is 40.8 Å². The van der Waals surface area contributed by atoms with Crippen LogP contribution in [-0.4, -0.2) is 99.4 Å². The van der Waals surface area contributed by atoms with Gasteiger partial charge in [-0.15, -0.1) is 0 Å². The van der Waals surface area contributed by atoms with Crippen molar-refractivity contribution in [3.05, 3.63) is 12.2 Å². The number of hydrogen-bond donors (Lipinski definition) is 0. The molecule has 0 aromatic heterocycles. The molecule has 180 valence electrons. The van der Waals surface area contributed by atoms with Crippen LogP contribution >= 0.6 is 0 Å². The van der Waals surface area contributed by atoms with E-state index in [2.05, 4.69) is 6.58 Å². The summed E-state index contributed by atoms with van der Waals surface area (Å²) in [5.41, 5.74) is 1.03. The summed E-state index contributed by atoms with van der Waals surface area (Å²) in [6, 6.07) is 1.55. The van der Waals surface area contributed by atoms with Crippen molar-refractivity contribution in [2.45, 2.75) is 38.0 Å². The Kier molecular flexibility index (Phi) is 17.3. The van der Waals surface area contributed by atoms with E-state index in [1.54, 1.807) is 42.7 Å². The maximum absolute atomic E-state index is 5.42. The number of hydrogen-bond acceptors (Lipinski definition) is 9. The van der Waals surface area contributed by atoms with Gasteiger partial charge in [0.25, 0.3) is 0 Å². The van der Waals surface area contributed by atoms with Gasteiger partial charge in [-0.2, -0.15) is 0 Å². The second kappa shape index (κ2) is 17.4. The molecular formula is C19H42O9Si2. The predicted octanol–water partition coefficient (Wildman–Crippen LogP) is 2.52. The third-order valence-electron chi connectivity index (χ3n) is 4.46. The molecule has 11 heteroatoms. The van der Waals surface area contributed by atoms with Crippen LogP contribution in [-0.2, 0) is 40.8 Å². The first kappa shape index (κ1) is 29.8. The quantitative estimate of drug-likeness (QED) is 0.130. The summed E-state index contributed by atoms with van der Waals surface area (Å²) >= 11 is 0. The van der Waals surface area contributed by atoms with E-state index in [0.29, 0.717) is 32.5 Å². The van der Waals surface area contributed by atoms with Crippen LogP contribution in [0.2, 0.25) is 12.1 Å². The molecule has 30 heavy (non-hydrogen) atoms. The molecule has 1 aliphatic rings. The largest absolute Gasteiger partial charge is 0.500 e. The first-order valence-electron chi connectivity index (χ1n) is 10.1. The number of ether oxygens (including phenoxy) is 3. The molecule has 1 atom stereocenters. The first-order valence-corrected chi connectivity index (χ1v) is 13.9. The highest BCUT2D eigenvalue weighted by Gasteiger charge is 2.37. The van der Waals surface area contributed by atoms with Gasteiger partial charge in [-0.25, -0.2) is 0 Å². The van der Waals surface area contributed by atoms with E-state index < -0.39 is 17.6 Å². The lowest BCUT2D eigenvalue weighted by Gasteiger charge is -2.24. The van der Waals surface area contributed by atoms with Crippen molar-refractivity contribution in [1.82, 2.24) is 0 Å². The van der Waals surface area contributed by atoms with Gasteiger partial charge in [0.1, 0.15) is 6.10 Å². The summed E-state index contributed by atoms with van der Waals surface area (Å²) in [4.78, 5) is 0. The van der Waals surface area contributed by atoms with Gasteiger partial charge < -0.3 is 40.8 Å². The van der Waals surface area contributed by atoms with Crippen molar-refractivity contribution in [3.63, 3.8) is 0 Å². The summed E-state index contributed by atoms with van der Waals surface area (Å²) in [5.74, 6) is 0. The van der Waals surface area contributed by atoms with Crippen molar-refractivity contribution in [3.8, 4) is 0 Å². The Labute approximate surface area is 184 Å². The molecule has 1 aliphatic heterocycles. The Balaban J connectivity index is 0.000000561. The third kappa shape index (κ3) is 13.3. The molecular weight excluding hydrogens is 428 g/mol. The minimum absolute atomic E-state index is 0.333. The third-order valence-corrected chi connectivity index (χ3v) is 10.1. The summed E-state index contributed by atoms with van der Waals surface area (Å²) in [5, 5.41) is 0. The molecule has 1 unspecified atom stereocenters. The molecule has 0 N–H and O–H groups in total. The van der Waals surface area contributed by atoms with Gasteiger partial charge in [0.15, 0.2) is 0 Å². The van der Waals surface area contributed by atoms with E-state index >= 15 is 0 Å². The molecule has 0 saturated carbocycles. The molecule has 1 fully saturated rings. The van der Waals surface area contributed by atoms with E-state index in [0.717, 1.165) is 37.1 Å². The molecule has 0 bridgehead atoms. The average Bonchev–Trinajstić information content (AvgIpc) is 3.59. The van der Waals surface area contributed by atoms with Gasteiger partial charge >= 0.3 is 17.6 Å². The smallest absolute Gasteiger partial charge is 0.379 e. The van der Waals surface area contributed by atoms with Crippen molar-refractivity contribution in [1.29, 1.82) is 0 Å². The van der Waals surface area contributed by atoms with E-state index in [4.69, 9.17) is 40.8 Å². The minimum Gasteiger partial charge on any atom is -0.379 e. The Bertz CT molecular complexity index is 412. The standard InChI is InChI=1S/C10H22O4Si.C9H20O5Si/c1-10(2)9-14-7-6-8-15(11-3,12-4)13-5;1-10-15(11-2,12-3)6-4-5-13-7-9-8-14-9/h1,6-9H2,2-5H3;9H,4-8H2,1-3H3. The Morgan fingerprint density at radius 1 is 0.800 bits per heavy atom. The van der Waals surface area contributed by atoms with E-state index in [-0.39, 0.29) is 0 Å². The molecule has 0 radical (unpaired) electrons. The molecule has 1 heterocycles. The van der Waals surface area contributed by atoms with Crippen LogP contribution in [0.4, 0.5) is 0 Å². The van der Waals surface area contributed by atoms with Gasteiger partial charge in [-0.3, -0.25) is 0 Å². The van der Waals surface area contributed by atoms with Crippen molar-refractivity contribution in [2.24, 2.45) is 0 Å². The Morgan fingerprint density at radius 2 is 1.20 bits per heavy atom. The van der Waals surface area contributed by atoms with E-state index in [9.17, 15) is 0 Å². The van der Waals surface area contributed by atoms with Crippen LogP contribution in [0.25, 0.3) is 0 Å². The van der Waals surface area contributed by atoms with Crippen molar-refractivity contribution >= 4 is 17.6 Å². The lowest BCUT2D eigenvalue weighted by atomic mass is 10.4. The summed E-state index contributed by atoms with van der Waals surface area (Å²) in [6.45, 7) is 9.23. The Hall–Kier alpha value is -0.186. The molecule has 0 spiro atoms. The lowest BCUT2D eigenvalue weighted by Crippen LogP contribution is -2.42. The highest BCUT2D eigenvalue weighted by molar-refractivity contribution is 6.60. The number of rotatable bonds is 18. The summed E-state index contributed by atoms with van der Waals surface area (Å²) < 4.78 is 47.6. The zero-order valence-electron chi connectivity index (χ0n) is 19.8. The SMILES string of the molecule is C=C(C)COCCC[Si](OC)(OC)OC.CO[Si](CCCOCC1CO1)(OC)OC. The molecule has 0 amide bonds. The van der Waals surface area contributed by atoms with Crippen LogP contribution in [0, 0.1) is 0 Å². The van der Waals surface area contributed by atoms with E-state index in [1.165, 1.54) is 0 Å². The molecule has 1 saturated heterocycles. The second-order valence-corrected chi connectivity index (χ2v) is 13.0. The van der Waals surface area contributed by atoms with Gasteiger partial charge in [-0.05, 0) is 19.8 Å². The average molecular weight is 471 g/mol. The summed E-state index contributed by atoms with van der Waals surface area (Å²) in [7, 11) is 4.94. The zero-order valence-corrected chi connectivity index (χ0v) is 21.8. The fraction of sp³-hybridized carbons (Fsp3) is 0.895. The fourth-order valence-corrected chi connectivity index (χ4v) is 5.90. The molecule has 0 aromatic rings. The highest BCUT2D eigenvalue weighted by atomic mass is 28.4. The monoisotopic (exact) mass is 470 g/mol. The van der Waals surface area contributed by atoms with Crippen LogP contribution in [0.5, 0.6) is 0 Å². The van der Waals surface area contributed by atoms with Gasteiger partial charge in [0, 0.05) is 68.0 Å².